The molecule has 6 nitrogen and oxygen atoms in total. The Hall–Kier alpha value is -2.37. The zero-order valence-corrected chi connectivity index (χ0v) is 15.6. The Balaban J connectivity index is 1.14. The summed E-state index contributed by atoms with van der Waals surface area (Å²) >= 11 is 0. The van der Waals surface area contributed by atoms with Crippen LogP contribution in [0.4, 0.5) is 0 Å². The molecule has 0 bridgehead atoms. The quantitative estimate of drug-likeness (QED) is 0.835. The van der Waals surface area contributed by atoms with Crippen LogP contribution < -0.4 is 4.74 Å². The predicted octanol–water partition coefficient (Wildman–Crippen LogP) is 2.79. The van der Waals surface area contributed by atoms with Crippen molar-refractivity contribution in [2.75, 3.05) is 13.1 Å². The first-order chi connectivity index (χ1) is 13.3. The van der Waals surface area contributed by atoms with E-state index >= 15 is 0 Å². The molecule has 1 aromatic heterocycles. The van der Waals surface area contributed by atoms with E-state index in [-0.39, 0.29) is 12.0 Å². The van der Waals surface area contributed by atoms with Crippen molar-refractivity contribution in [1.82, 2.24) is 19.9 Å². The minimum atomic E-state index is -0.326. The highest BCUT2D eigenvalue weighted by molar-refractivity contribution is 5.81. The lowest BCUT2D eigenvalue weighted by molar-refractivity contribution is -0.141. The number of benzene rings is 1. The molecule has 1 amide bonds. The summed E-state index contributed by atoms with van der Waals surface area (Å²) in [6, 6.07) is 8.04. The average molecular weight is 366 g/mol. The minimum Gasteiger partial charge on any atom is -0.480 e. The van der Waals surface area contributed by atoms with Crippen LogP contribution in [-0.4, -0.2) is 45.0 Å². The molecule has 0 N–H and O–H groups in total. The third kappa shape index (κ3) is 3.57. The highest BCUT2D eigenvalue weighted by atomic mass is 16.5. The van der Waals surface area contributed by atoms with Gasteiger partial charge in [-0.1, -0.05) is 23.4 Å². The SMILES string of the molecule is O=C(C1CCc2ccccc2O1)N1CCC(Cn2cc(C3CC3)nn2)CC1. The smallest absolute Gasteiger partial charge is 0.263 e. The topological polar surface area (TPSA) is 60.2 Å². The molecule has 0 spiro atoms. The van der Waals surface area contributed by atoms with Crippen molar-refractivity contribution in [2.24, 2.45) is 5.92 Å². The van der Waals surface area contributed by atoms with Crippen molar-refractivity contribution in [3.05, 3.63) is 41.7 Å². The number of para-hydroxylation sites is 1. The molecular weight excluding hydrogens is 340 g/mol. The summed E-state index contributed by atoms with van der Waals surface area (Å²) in [5.74, 6) is 2.24. The lowest BCUT2D eigenvalue weighted by Gasteiger charge is -2.35. The van der Waals surface area contributed by atoms with Gasteiger partial charge in [-0.05, 0) is 56.1 Å². The van der Waals surface area contributed by atoms with Crippen LogP contribution in [0.3, 0.4) is 0 Å². The average Bonchev–Trinajstić information content (AvgIpc) is 3.47. The van der Waals surface area contributed by atoms with Gasteiger partial charge in [0.1, 0.15) is 5.75 Å². The van der Waals surface area contributed by atoms with Gasteiger partial charge in [-0.2, -0.15) is 0 Å². The van der Waals surface area contributed by atoms with E-state index in [1.807, 2.05) is 27.8 Å². The normalized spacial score (nSPS) is 23.0. The largest absolute Gasteiger partial charge is 0.480 e. The zero-order chi connectivity index (χ0) is 18.2. The van der Waals surface area contributed by atoms with Crippen molar-refractivity contribution >= 4 is 5.91 Å². The molecule has 2 aromatic rings. The maximum Gasteiger partial charge on any atom is 0.263 e. The van der Waals surface area contributed by atoms with E-state index in [0.717, 1.165) is 56.8 Å². The Morgan fingerprint density at radius 2 is 1.93 bits per heavy atom. The van der Waals surface area contributed by atoms with Crippen molar-refractivity contribution in [1.29, 1.82) is 0 Å². The minimum absolute atomic E-state index is 0.153. The second kappa shape index (κ2) is 6.98. The molecule has 2 aliphatic heterocycles. The molecule has 0 radical (unpaired) electrons. The number of ether oxygens (including phenoxy) is 1. The fourth-order valence-electron chi connectivity index (χ4n) is 4.27. The summed E-state index contributed by atoms with van der Waals surface area (Å²) in [6.07, 6.45) is 8.04. The van der Waals surface area contributed by atoms with E-state index in [1.54, 1.807) is 0 Å². The number of rotatable bonds is 4. The Kier molecular flexibility index (Phi) is 4.34. The van der Waals surface area contributed by atoms with Gasteiger partial charge in [-0.25, -0.2) is 0 Å². The lowest BCUT2D eigenvalue weighted by Crippen LogP contribution is -2.47. The van der Waals surface area contributed by atoms with Gasteiger partial charge in [0.2, 0.25) is 0 Å². The third-order valence-corrected chi connectivity index (χ3v) is 6.12. The van der Waals surface area contributed by atoms with Gasteiger partial charge in [0.25, 0.3) is 5.91 Å². The molecular formula is C21H26N4O2. The number of carbonyl (C=O) groups excluding carboxylic acids is 1. The summed E-state index contributed by atoms with van der Waals surface area (Å²) in [7, 11) is 0. The molecule has 2 fully saturated rings. The summed E-state index contributed by atoms with van der Waals surface area (Å²) < 4.78 is 7.98. The molecule has 1 atom stereocenters. The Morgan fingerprint density at radius 1 is 1.11 bits per heavy atom. The van der Waals surface area contributed by atoms with Crippen LogP contribution in [0.5, 0.6) is 5.75 Å². The van der Waals surface area contributed by atoms with Gasteiger partial charge in [0.15, 0.2) is 6.10 Å². The number of likely N-dealkylation sites (tertiary alicyclic amines) is 1. The molecule has 27 heavy (non-hydrogen) atoms. The molecule has 5 rings (SSSR count). The molecule has 1 unspecified atom stereocenters. The van der Waals surface area contributed by atoms with Crippen LogP contribution in [0, 0.1) is 5.92 Å². The van der Waals surface area contributed by atoms with E-state index < -0.39 is 0 Å². The van der Waals surface area contributed by atoms with Crippen LogP contribution in [-0.2, 0) is 17.8 Å². The van der Waals surface area contributed by atoms with E-state index in [1.165, 1.54) is 18.4 Å². The van der Waals surface area contributed by atoms with Gasteiger partial charge in [-0.15, -0.1) is 5.10 Å². The van der Waals surface area contributed by atoms with Crippen LogP contribution in [0.2, 0.25) is 0 Å². The highest BCUT2D eigenvalue weighted by Crippen LogP contribution is 2.38. The van der Waals surface area contributed by atoms with Crippen molar-refractivity contribution in [3.63, 3.8) is 0 Å². The third-order valence-electron chi connectivity index (χ3n) is 6.12. The lowest BCUT2D eigenvalue weighted by atomic mass is 9.95. The van der Waals surface area contributed by atoms with Crippen molar-refractivity contribution in [2.45, 2.75) is 57.1 Å². The Bertz CT molecular complexity index is 821. The van der Waals surface area contributed by atoms with Crippen molar-refractivity contribution < 1.29 is 9.53 Å². The second-order valence-electron chi connectivity index (χ2n) is 8.16. The van der Waals surface area contributed by atoms with Gasteiger partial charge >= 0.3 is 0 Å². The standard InChI is InChI=1S/C21H26N4O2/c26-21(20-8-7-17-3-1-2-4-19(17)27-20)24-11-9-15(10-12-24)13-25-14-18(22-23-25)16-5-6-16/h1-4,14-16,20H,5-13H2. The maximum atomic E-state index is 12.9. The number of fused-ring (bicyclic) bond motifs is 1. The predicted molar refractivity (Wildman–Crippen MR) is 100 cm³/mol. The first-order valence-electron chi connectivity index (χ1n) is 10.2. The van der Waals surface area contributed by atoms with Crippen LogP contribution >= 0.6 is 0 Å². The Morgan fingerprint density at radius 3 is 2.74 bits per heavy atom. The Labute approximate surface area is 159 Å². The number of piperidine rings is 1. The molecule has 3 heterocycles. The van der Waals surface area contributed by atoms with Crippen LogP contribution in [0.15, 0.2) is 30.5 Å². The van der Waals surface area contributed by atoms with E-state index in [4.69, 9.17) is 4.74 Å². The number of aromatic nitrogens is 3. The number of aryl methyl sites for hydroxylation is 1. The van der Waals surface area contributed by atoms with Gasteiger partial charge in [0, 0.05) is 31.7 Å². The summed E-state index contributed by atoms with van der Waals surface area (Å²) in [5.41, 5.74) is 2.36. The highest BCUT2D eigenvalue weighted by Gasteiger charge is 2.32. The maximum absolute atomic E-state index is 12.9. The summed E-state index contributed by atoms with van der Waals surface area (Å²) in [4.78, 5) is 14.9. The number of carbonyl (C=O) groups is 1. The number of amides is 1. The van der Waals surface area contributed by atoms with Gasteiger partial charge < -0.3 is 9.64 Å². The molecule has 3 aliphatic rings. The van der Waals surface area contributed by atoms with E-state index in [0.29, 0.717) is 11.8 Å². The fourth-order valence-corrected chi connectivity index (χ4v) is 4.27. The molecule has 1 saturated heterocycles. The fraction of sp³-hybridized carbons (Fsp3) is 0.571. The first-order valence-corrected chi connectivity index (χ1v) is 10.2. The molecule has 1 saturated carbocycles. The van der Waals surface area contributed by atoms with Gasteiger partial charge in [0.05, 0.1) is 5.69 Å². The zero-order valence-electron chi connectivity index (χ0n) is 15.6. The molecule has 142 valence electrons. The molecule has 1 aromatic carbocycles. The molecule has 1 aliphatic carbocycles. The number of nitrogens with zero attached hydrogens (tertiary/aromatic N) is 4. The number of hydrogen-bond acceptors (Lipinski definition) is 4. The van der Waals surface area contributed by atoms with Crippen LogP contribution in [0.25, 0.3) is 0 Å². The van der Waals surface area contributed by atoms with Gasteiger partial charge in [-0.3, -0.25) is 9.48 Å². The van der Waals surface area contributed by atoms with E-state index in [2.05, 4.69) is 22.6 Å². The van der Waals surface area contributed by atoms with Crippen LogP contribution in [0.1, 0.15) is 49.3 Å². The van der Waals surface area contributed by atoms with Crippen molar-refractivity contribution in [3.8, 4) is 5.75 Å². The monoisotopic (exact) mass is 366 g/mol. The summed E-state index contributed by atoms with van der Waals surface area (Å²) in [6.45, 7) is 2.54. The second-order valence-corrected chi connectivity index (χ2v) is 8.16. The van der Waals surface area contributed by atoms with E-state index in [9.17, 15) is 4.79 Å². The number of hydrogen-bond donors (Lipinski definition) is 0. The first kappa shape index (κ1) is 16.8. The summed E-state index contributed by atoms with van der Waals surface area (Å²) in [5, 5.41) is 8.58. The molecule has 6 heteroatoms.